The number of nitrogens with zero attached hydrogens (tertiary/aromatic N) is 3. The lowest BCUT2D eigenvalue weighted by Crippen LogP contribution is -1.97. The molecule has 3 heteroatoms. The highest BCUT2D eigenvalue weighted by molar-refractivity contribution is 5.81. The van der Waals surface area contributed by atoms with E-state index in [2.05, 4.69) is 15.6 Å². The zero-order valence-electron chi connectivity index (χ0n) is 9.74. The second kappa shape index (κ2) is 4.34. The van der Waals surface area contributed by atoms with Gasteiger partial charge in [-0.05, 0) is 42.0 Å². The Hall–Kier alpha value is -2.60. The zero-order valence-corrected chi connectivity index (χ0v) is 9.74. The molecule has 0 fully saturated rings. The van der Waals surface area contributed by atoms with Crippen LogP contribution in [0, 0.1) is 11.3 Å². The minimum Gasteiger partial charge on any atom is -0.343 e. The van der Waals surface area contributed by atoms with Gasteiger partial charge in [-0.25, -0.2) is 0 Å². The maximum absolute atomic E-state index is 8.88. The van der Waals surface area contributed by atoms with Crippen molar-refractivity contribution in [1.82, 2.24) is 9.55 Å². The van der Waals surface area contributed by atoms with Crippen LogP contribution in [0.5, 0.6) is 0 Å². The van der Waals surface area contributed by atoms with Gasteiger partial charge in [-0.15, -0.1) is 0 Å². The topological polar surface area (TPSA) is 41.6 Å². The Morgan fingerprint density at radius 2 is 1.94 bits per heavy atom. The normalized spacial score (nSPS) is 10.4. The second-order valence-corrected chi connectivity index (χ2v) is 4.18. The minimum absolute atomic E-state index is 0.698. The van der Waals surface area contributed by atoms with Crippen molar-refractivity contribution in [2.75, 3.05) is 0 Å². The van der Waals surface area contributed by atoms with Crippen LogP contribution in [-0.4, -0.2) is 9.55 Å². The smallest absolute Gasteiger partial charge is 0.0991 e. The van der Waals surface area contributed by atoms with Crippen LogP contribution in [-0.2, 0) is 6.54 Å². The predicted molar refractivity (Wildman–Crippen MR) is 70.0 cm³/mol. The molecule has 1 aromatic carbocycles. The highest BCUT2D eigenvalue weighted by atomic mass is 14.9. The molecule has 0 spiro atoms. The van der Waals surface area contributed by atoms with Crippen molar-refractivity contribution in [2.24, 2.45) is 0 Å². The summed E-state index contributed by atoms with van der Waals surface area (Å²) in [5.74, 6) is 0. The van der Waals surface area contributed by atoms with Crippen molar-refractivity contribution < 1.29 is 0 Å². The number of fused-ring (bicyclic) bond motifs is 1. The molecule has 86 valence electrons. The van der Waals surface area contributed by atoms with Gasteiger partial charge in [-0.1, -0.05) is 0 Å². The maximum atomic E-state index is 8.88. The van der Waals surface area contributed by atoms with Gasteiger partial charge in [0, 0.05) is 36.0 Å². The van der Waals surface area contributed by atoms with Gasteiger partial charge in [0.2, 0.25) is 0 Å². The Bertz CT molecular complexity index is 720. The average Bonchev–Trinajstić information content (AvgIpc) is 2.82. The van der Waals surface area contributed by atoms with E-state index < -0.39 is 0 Å². The highest BCUT2D eigenvalue weighted by Crippen LogP contribution is 2.18. The van der Waals surface area contributed by atoms with Crippen LogP contribution in [0.25, 0.3) is 10.9 Å². The van der Waals surface area contributed by atoms with Crippen LogP contribution in [0.15, 0.2) is 55.0 Å². The zero-order chi connectivity index (χ0) is 12.4. The predicted octanol–water partition coefficient (Wildman–Crippen LogP) is 2.96. The molecule has 3 nitrogen and oxygen atoms in total. The highest BCUT2D eigenvalue weighted by Gasteiger charge is 2.02. The van der Waals surface area contributed by atoms with Crippen LogP contribution < -0.4 is 0 Å². The van der Waals surface area contributed by atoms with Gasteiger partial charge in [0.1, 0.15) is 0 Å². The third kappa shape index (κ3) is 1.85. The van der Waals surface area contributed by atoms with Gasteiger partial charge < -0.3 is 4.57 Å². The molecule has 3 aromatic rings. The minimum atomic E-state index is 0.698. The molecule has 0 saturated heterocycles. The molecule has 0 bridgehead atoms. The van der Waals surface area contributed by atoms with Gasteiger partial charge >= 0.3 is 0 Å². The quantitative estimate of drug-likeness (QED) is 0.682. The SMILES string of the molecule is N#Cc1ccc2c(ccn2Cc2ccncc2)c1. The lowest BCUT2D eigenvalue weighted by atomic mass is 10.2. The van der Waals surface area contributed by atoms with E-state index in [1.165, 1.54) is 5.56 Å². The maximum Gasteiger partial charge on any atom is 0.0991 e. The van der Waals surface area contributed by atoms with Crippen molar-refractivity contribution in [3.63, 3.8) is 0 Å². The monoisotopic (exact) mass is 233 g/mol. The first-order valence-corrected chi connectivity index (χ1v) is 5.75. The van der Waals surface area contributed by atoms with E-state index in [1.54, 1.807) is 12.4 Å². The Morgan fingerprint density at radius 3 is 2.72 bits per heavy atom. The fourth-order valence-electron chi connectivity index (χ4n) is 2.09. The third-order valence-electron chi connectivity index (χ3n) is 3.00. The van der Waals surface area contributed by atoms with Gasteiger partial charge in [-0.2, -0.15) is 5.26 Å². The molecule has 0 amide bonds. The molecular weight excluding hydrogens is 222 g/mol. The summed E-state index contributed by atoms with van der Waals surface area (Å²) in [5.41, 5.74) is 3.06. The van der Waals surface area contributed by atoms with E-state index in [-0.39, 0.29) is 0 Å². The first-order chi connectivity index (χ1) is 8.86. The Balaban J connectivity index is 2.01. The van der Waals surface area contributed by atoms with Crippen molar-refractivity contribution in [1.29, 1.82) is 5.26 Å². The Kier molecular flexibility index (Phi) is 2.54. The van der Waals surface area contributed by atoms with Crippen LogP contribution >= 0.6 is 0 Å². The third-order valence-corrected chi connectivity index (χ3v) is 3.00. The molecule has 2 aromatic heterocycles. The standard InChI is InChI=1S/C15H11N3/c16-10-13-1-2-15-14(9-13)5-8-18(15)11-12-3-6-17-7-4-12/h1-9H,11H2. The summed E-state index contributed by atoms with van der Waals surface area (Å²) in [6.07, 6.45) is 5.65. The molecule has 0 saturated carbocycles. The number of nitriles is 1. The fraction of sp³-hybridized carbons (Fsp3) is 0.0667. The molecular formula is C15H11N3. The van der Waals surface area contributed by atoms with Crippen LogP contribution in [0.3, 0.4) is 0 Å². The summed E-state index contributed by atoms with van der Waals surface area (Å²) < 4.78 is 2.17. The van der Waals surface area contributed by atoms with Crippen molar-refractivity contribution in [3.05, 3.63) is 66.1 Å². The first kappa shape index (κ1) is 10.5. The Morgan fingerprint density at radius 1 is 1.11 bits per heavy atom. The summed E-state index contributed by atoms with van der Waals surface area (Å²) in [5, 5.41) is 9.98. The molecule has 0 aliphatic rings. The van der Waals surface area contributed by atoms with Gasteiger partial charge in [-0.3, -0.25) is 4.98 Å². The summed E-state index contributed by atoms with van der Waals surface area (Å²) in [4.78, 5) is 4.01. The molecule has 0 aliphatic heterocycles. The molecule has 18 heavy (non-hydrogen) atoms. The molecule has 3 rings (SSSR count). The largest absolute Gasteiger partial charge is 0.343 e. The van der Waals surface area contributed by atoms with Crippen molar-refractivity contribution in [3.8, 4) is 6.07 Å². The fourth-order valence-corrected chi connectivity index (χ4v) is 2.09. The molecule has 0 atom stereocenters. The molecule has 0 unspecified atom stereocenters. The van der Waals surface area contributed by atoms with E-state index >= 15 is 0 Å². The molecule has 0 N–H and O–H groups in total. The lowest BCUT2D eigenvalue weighted by molar-refractivity contribution is 0.835. The van der Waals surface area contributed by atoms with E-state index in [0.717, 1.165) is 17.4 Å². The van der Waals surface area contributed by atoms with E-state index in [0.29, 0.717) is 5.56 Å². The first-order valence-electron chi connectivity index (χ1n) is 5.75. The second-order valence-electron chi connectivity index (χ2n) is 4.18. The number of rotatable bonds is 2. The van der Waals surface area contributed by atoms with Gasteiger partial charge in [0.25, 0.3) is 0 Å². The number of aromatic nitrogens is 2. The number of benzene rings is 1. The summed E-state index contributed by atoms with van der Waals surface area (Å²) in [6, 6.07) is 14.0. The average molecular weight is 233 g/mol. The number of hydrogen-bond donors (Lipinski definition) is 0. The number of hydrogen-bond acceptors (Lipinski definition) is 2. The van der Waals surface area contributed by atoms with Crippen LogP contribution in [0.1, 0.15) is 11.1 Å². The summed E-state index contributed by atoms with van der Waals surface area (Å²) in [6.45, 7) is 0.817. The van der Waals surface area contributed by atoms with E-state index in [9.17, 15) is 0 Å². The van der Waals surface area contributed by atoms with E-state index in [4.69, 9.17) is 5.26 Å². The summed E-state index contributed by atoms with van der Waals surface area (Å²) in [7, 11) is 0. The Labute approximate surface area is 105 Å². The van der Waals surface area contributed by atoms with Crippen LogP contribution in [0.4, 0.5) is 0 Å². The lowest BCUT2D eigenvalue weighted by Gasteiger charge is -2.05. The van der Waals surface area contributed by atoms with Crippen molar-refractivity contribution in [2.45, 2.75) is 6.54 Å². The number of pyridine rings is 1. The van der Waals surface area contributed by atoms with Gasteiger partial charge in [0.15, 0.2) is 0 Å². The molecule has 0 radical (unpaired) electrons. The van der Waals surface area contributed by atoms with Gasteiger partial charge in [0.05, 0.1) is 11.6 Å². The summed E-state index contributed by atoms with van der Waals surface area (Å²) >= 11 is 0. The molecule has 0 aliphatic carbocycles. The van der Waals surface area contributed by atoms with Crippen LogP contribution in [0.2, 0.25) is 0 Å². The van der Waals surface area contributed by atoms with Crippen molar-refractivity contribution >= 4 is 10.9 Å². The van der Waals surface area contributed by atoms with E-state index in [1.807, 2.05) is 42.6 Å². The molecule has 2 heterocycles.